The standard InChI is InChI=1S/C47H50N10O5/c1-29-38(28-49-44-42(29)48-14-23-62-44)32-4-5-33-27-50-47(52-39(33)25-32)51-34-6-2-30(3-7-34)24-31-12-15-54(16-13-31)17-18-55-19-21-56(22-20-55)35-8-9-36-37(26-35)46(61)57(45(36)60)40-10-11-41(58)53-43(40)59/h2-9,25-28,31,40,48H,10-24H2,1H3,(H,50,51,52)(H,53,58,59). The first-order valence-corrected chi connectivity index (χ1v) is 21.8. The van der Waals surface area contributed by atoms with Crippen molar-refractivity contribution in [2.24, 2.45) is 5.92 Å². The average Bonchev–Trinajstić information content (AvgIpc) is 3.54. The fourth-order valence-electron chi connectivity index (χ4n) is 9.53. The van der Waals surface area contributed by atoms with Crippen LogP contribution < -0.4 is 25.6 Å². The normalized spacial score (nSPS) is 19.9. The Hall–Kier alpha value is -6.45. The zero-order valence-electron chi connectivity index (χ0n) is 34.9. The van der Waals surface area contributed by atoms with E-state index in [1.807, 2.05) is 18.5 Å². The predicted molar refractivity (Wildman–Crippen MR) is 236 cm³/mol. The van der Waals surface area contributed by atoms with Gasteiger partial charge in [-0.15, -0.1) is 0 Å². The minimum Gasteiger partial charge on any atom is -0.474 e. The largest absolute Gasteiger partial charge is 0.474 e. The molecule has 3 saturated heterocycles. The number of anilines is 4. The summed E-state index contributed by atoms with van der Waals surface area (Å²) in [6, 6.07) is 19.3. The van der Waals surface area contributed by atoms with Gasteiger partial charge in [-0.3, -0.25) is 34.3 Å². The number of likely N-dealkylation sites (tertiary alicyclic amines) is 1. The first kappa shape index (κ1) is 39.7. The van der Waals surface area contributed by atoms with Crippen molar-refractivity contribution in [1.82, 2.24) is 35.0 Å². The first-order chi connectivity index (χ1) is 30.2. The Labute approximate surface area is 359 Å². The van der Waals surface area contributed by atoms with E-state index in [1.165, 1.54) is 18.4 Å². The van der Waals surface area contributed by atoms with E-state index in [0.29, 0.717) is 35.5 Å². The van der Waals surface area contributed by atoms with Gasteiger partial charge in [0.2, 0.25) is 23.6 Å². The van der Waals surface area contributed by atoms with E-state index < -0.39 is 23.8 Å². The molecule has 0 bridgehead atoms. The number of nitrogens with zero attached hydrogens (tertiary/aromatic N) is 7. The molecular formula is C47H50N10O5. The Balaban J connectivity index is 0.668. The van der Waals surface area contributed by atoms with Crippen molar-refractivity contribution in [2.45, 2.75) is 45.1 Å². The van der Waals surface area contributed by atoms with Gasteiger partial charge in [0, 0.05) is 87.0 Å². The van der Waals surface area contributed by atoms with Crippen LogP contribution in [-0.4, -0.2) is 125 Å². The number of ether oxygens (including phenoxy) is 1. The lowest BCUT2D eigenvalue weighted by atomic mass is 9.90. The number of imide groups is 2. The number of rotatable bonds is 10. The lowest BCUT2D eigenvalue weighted by Crippen LogP contribution is -2.54. The summed E-state index contributed by atoms with van der Waals surface area (Å²) in [4.78, 5) is 72.9. The smallest absolute Gasteiger partial charge is 0.262 e. The number of piperazine rings is 1. The van der Waals surface area contributed by atoms with Crippen LogP contribution in [0.3, 0.4) is 0 Å². The maximum atomic E-state index is 13.3. The van der Waals surface area contributed by atoms with E-state index in [0.717, 1.165) is 115 Å². The van der Waals surface area contributed by atoms with Gasteiger partial charge in [0.15, 0.2) is 0 Å². The van der Waals surface area contributed by atoms with Crippen molar-refractivity contribution in [3.63, 3.8) is 0 Å². The lowest BCUT2D eigenvalue weighted by molar-refractivity contribution is -0.136. The highest BCUT2D eigenvalue weighted by Gasteiger charge is 2.45. The summed E-state index contributed by atoms with van der Waals surface area (Å²) in [5.74, 6) is -0.0489. The number of hydrogen-bond donors (Lipinski definition) is 3. The van der Waals surface area contributed by atoms with E-state index in [9.17, 15) is 19.2 Å². The Kier molecular flexibility index (Phi) is 10.7. The summed E-state index contributed by atoms with van der Waals surface area (Å²) in [6.07, 6.45) is 7.43. The molecule has 1 unspecified atom stereocenters. The van der Waals surface area contributed by atoms with Gasteiger partial charge in [0.25, 0.3) is 11.8 Å². The molecule has 10 rings (SSSR count). The second kappa shape index (κ2) is 16.8. The number of fused-ring (bicyclic) bond motifs is 3. The van der Waals surface area contributed by atoms with Crippen LogP contribution in [0.25, 0.3) is 22.0 Å². The Morgan fingerprint density at radius 1 is 0.790 bits per heavy atom. The van der Waals surface area contributed by atoms with Crippen LogP contribution in [0.15, 0.2) is 73.1 Å². The SMILES string of the molecule is Cc1c(-c2ccc3cnc(Nc4ccc(CC5CCN(CCN6CCN(c7ccc8c(c7)C(=O)N(C7CCC(=O)NC7=O)C8=O)CC6)CC5)cc4)nc3c2)cnc2c1NCCO2. The van der Waals surface area contributed by atoms with Gasteiger partial charge in [0.05, 0.1) is 16.6 Å². The van der Waals surface area contributed by atoms with Crippen LogP contribution in [0.2, 0.25) is 0 Å². The number of nitrogens with one attached hydrogen (secondary N) is 3. The Bertz CT molecular complexity index is 2570. The molecule has 15 nitrogen and oxygen atoms in total. The van der Waals surface area contributed by atoms with E-state index in [4.69, 9.17) is 9.72 Å². The molecule has 0 spiro atoms. The number of piperidine rings is 2. The van der Waals surface area contributed by atoms with Crippen molar-refractivity contribution >= 4 is 57.5 Å². The molecule has 318 valence electrons. The molecule has 3 aromatic carbocycles. The highest BCUT2D eigenvalue weighted by molar-refractivity contribution is 6.23. The molecule has 2 aromatic heterocycles. The van der Waals surface area contributed by atoms with Gasteiger partial charge in [-0.1, -0.05) is 24.3 Å². The topological polar surface area (TPSA) is 165 Å². The Morgan fingerprint density at radius 3 is 2.35 bits per heavy atom. The quantitative estimate of drug-likeness (QED) is 0.161. The molecule has 62 heavy (non-hydrogen) atoms. The van der Waals surface area contributed by atoms with Crippen molar-refractivity contribution < 1.29 is 23.9 Å². The minimum atomic E-state index is -0.960. The molecule has 0 saturated carbocycles. The highest BCUT2D eigenvalue weighted by Crippen LogP contribution is 2.36. The van der Waals surface area contributed by atoms with E-state index >= 15 is 0 Å². The van der Waals surface area contributed by atoms with Crippen molar-refractivity contribution in [2.75, 3.05) is 81.0 Å². The molecule has 0 radical (unpaired) electrons. The van der Waals surface area contributed by atoms with Crippen LogP contribution in [0.1, 0.15) is 57.5 Å². The summed E-state index contributed by atoms with van der Waals surface area (Å²) < 4.78 is 5.72. The summed E-state index contributed by atoms with van der Waals surface area (Å²) in [7, 11) is 0. The molecule has 15 heteroatoms. The molecular weight excluding hydrogens is 785 g/mol. The maximum absolute atomic E-state index is 13.3. The maximum Gasteiger partial charge on any atom is 0.262 e. The fraction of sp³-hybridized carbons (Fsp3) is 0.383. The van der Waals surface area contributed by atoms with Crippen LogP contribution in [0.4, 0.5) is 23.0 Å². The first-order valence-electron chi connectivity index (χ1n) is 21.8. The summed E-state index contributed by atoms with van der Waals surface area (Å²) >= 11 is 0. The van der Waals surface area contributed by atoms with E-state index in [-0.39, 0.29) is 18.7 Å². The monoisotopic (exact) mass is 834 g/mol. The van der Waals surface area contributed by atoms with Gasteiger partial charge in [-0.05, 0) is 105 Å². The zero-order chi connectivity index (χ0) is 42.3. The summed E-state index contributed by atoms with van der Waals surface area (Å²) in [5, 5.41) is 10.1. The van der Waals surface area contributed by atoms with Crippen molar-refractivity contribution in [3.05, 3.63) is 95.3 Å². The number of pyridine rings is 1. The average molecular weight is 835 g/mol. The van der Waals surface area contributed by atoms with Gasteiger partial charge >= 0.3 is 0 Å². The zero-order valence-corrected chi connectivity index (χ0v) is 34.9. The van der Waals surface area contributed by atoms with Gasteiger partial charge in [-0.2, -0.15) is 0 Å². The van der Waals surface area contributed by atoms with Crippen LogP contribution in [0.5, 0.6) is 5.88 Å². The molecule has 3 fully saturated rings. The van der Waals surface area contributed by atoms with Gasteiger partial charge in [-0.25, -0.2) is 15.0 Å². The molecule has 5 aliphatic rings. The Morgan fingerprint density at radius 2 is 1.56 bits per heavy atom. The third kappa shape index (κ3) is 7.93. The number of aromatic nitrogens is 3. The molecule has 1 atom stereocenters. The van der Waals surface area contributed by atoms with Crippen molar-refractivity contribution in [3.8, 4) is 17.0 Å². The number of amides is 4. The molecule has 5 aliphatic heterocycles. The predicted octanol–water partition coefficient (Wildman–Crippen LogP) is 5.03. The number of benzene rings is 3. The van der Waals surface area contributed by atoms with E-state index in [2.05, 4.69) is 90.0 Å². The number of hydrogen-bond acceptors (Lipinski definition) is 13. The van der Waals surface area contributed by atoms with E-state index in [1.54, 1.807) is 12.1 Å². The summed E-state index contributed by atoms with van der Waals surface area (Å²) in [6.45, 7) is 11.3. The van der Waals surface area contributed by atoms with Crippen molar-refractivity contribution in [1.29, 1.82) is 0 Å². The molecule has 3 N–H and O–H groups in total. The van der Waals surface area contributed by atoms with Crippen LogP contribution in [-0.2, 0) is 16.0 Å². The molecule has 5 aromatic rings. The fourth-order valence-corrected chi connectivity index (χ4v) is 9.53. The second-order valence-electron chi connectivity index (χ2n) is 17.0. The number of carbonyl (C=O) groups is 4. The van der Waals surface area contributed by atoms with Crippen LogP contribution >= 0.6 is 0 Å². The second-order valence-corrected chi connectivity index (χ2v) is 17.0. The molecule has 7 heterocycles. The number of carbonyl (C=O) groups excluding carboxylic acids is 4. The van der Waals surface area contributed by atoms with Crippen LogP contribution in [0, 0.1) is 12.8 Å². The molecule has 4 amide bonds. The summed E-state index contributed by atoms with van der Waals surface area (Å²) in [5.41, 5.74) is 8.85. The third-order valence-corrected chi connectivity index (χ3v) is 13.2. The lowest BCUT2D eigenvalue weighted by Gasteiger charge is -2.38. The minimum absolute atomic E-state index is 0.102. The highest BCUT2D eigenvalue weighted by atomic mass is 16.5. The molecule has 0 aliphatic carbocycles. The van der Waals surface area contributed by atoms with Gasteiger partial charge in [0.1, 0.15) is 18.3 Å². The van der Waals surface area contributed by atoms with Gasteiger partial charge < -0.3 is 25.2 Å². The third-order valence-electron chi connectivity index (χ3n) is 13.2.